The van der Waals surface area contributed by atoms with Crippen molar-refractivity contribution in [3.63, 3.8) is 0 Å². The van der Waals surface area contributed by atoms with Gasteiger partial charge in [0.05, 0.1) is 12.5 Å². The van der Waals surface area contributed by atoms with Crippen molar-refractivity contribution in [3.8, 4) is 0 Å². The number of rotatable bonds is 5. The lowest BCUT2D eigenvalue weighted by Crippen LogP contribution is -2.33. The van der Waals surface area contributed by atoms with Crippen LogP contribution in [0.15, 0.2) is 42.6 Å². The predicted octanol–water partition coefficient (Wildman–Crippen LogP) is 5.37. The first-order valence-electron chi connectivity index (χ1n) is 9.62. The minimum atomic E-state index is -0.326. The molecule has 0 aromatic heterocycles. The van der Waals surface area contributed by atoms with Crippen LogP contribution in [0.1, 0.15) is 55.5 Å². The Balaban J connectivity index is 1.89. The van der Waals surface area contributed by atoms with E-state index in [2.05, 4.69) is 12.2 Å². The first-order chi connectivity index (χ1) is 13.5. The number of benzene rings is 2. The summed E-state index contributed by atoms with van der Waals surface area (Å²) in [6.45, 7) is 5.60. The third kappa shape index (κ3) is 3.97. The van der Waals surface area contributed by atoms with Crippen LogP contribution in [0.25, 0.3) is 6.08 Å². The molecule has 0 radical (unpaired) electrons. The lowest BCUT2D eigenvalue weighted by Gasteiger charge is -2.32. The normalized spacial score (nSPS) is 15.3. The van der Waals surface area contributed by atoms with E-state index in [1.54, 1.807) is 11.1 Å². The molecule has 5 heteroatoms. The van der Waals surface area contributed by atoms with Gasteiger partial charge >= 0.3 is 0 Å². The molecule has 0 fully saturated rings. The van der Waals surface area contributed by atoms with Crippen molar-refractivity contribution in [1.29, 1.82) is 0 Å². The Morgan fingerprint density at radius 2 is 1.86 bits per heavy atom. The second kappa shape index (κ2) is 8.61. The molecule has 28 heavy (non-hydrogen) atoms. The Morgan fingerprint density at radius 1 is 1.11 bits per heavy atom. The molecule has 0 unspecified atom stereocenters. The third-order valence-electron chi connectivity index (χ3n) is 5.19. The molecule has 1 N–H and O–H groups in total. The molecule has 2 aromatic rings. The summed E-state index contributed by atoms with van der Waals surface area (Å²) < 4.78 is 0. The highest BCUT2D eigenvalue weighted by Gasteiger charge is 2.28. The van der Waals surface area contributed by atoms with Gasteiger partial charge in [0.15, 0.2) is 0 Å². The van der Waals surface area contributed by atoms with Crippen LogP contribution in [-0.4, -0.2) is 16.7 Å². The number of nitrogens with one attached hydrogen (secondary N) is 1. The monoisotopic (exact) mass is 396 g/mol. The largest absolute Gasteiger partial charge is 0.325 e. The SMILES string of the molecule is CCc1ccc(Cl)c(CC)c1NC(=O)C[C@H]1c2ccccc2C=CN1C(C)=O. The maximum Gasteiger partial charge on any atom is 0.226 e. The Bertz CT molecular complexity index is 936. The first kappa shape index (κ1) is 20.2. The van der Waals surface area contributed by atoms with E-state index in [0.29, 0.717) is 5.02 Å². The van der Waals surface area contributed by atoms with Crippen molar-refractivity contribution in [1.82, 2.24) is 4.90 Å². The van der Waals surface area contributed by atoms with Crippen LogP contribution in [0.2, 0.25) is 5.02 Å². The molecular weight excluding hydrogens is 372 g/mol. The summed E-state index contributed by atoms with van der Waals surface area (Å²) in [5.41, 5.74) is 4.82. The minimum Gasteiger partial charge on any atom is -0.325 e. The van der Waals surface area contributed by atoms with Crippen molar-refractivity contribution >= 4 is 35.2 Å². The van der Waals surface area contributed by atoms with Gasteiger partial charge in [-0.1, -0.05) is 55.8 Å². The van der Waals surface area contributed by atoms with Gasteiger partial charge in [-0.05, 0) is 47.2 Å². The number of hydrogen-bond donors (Lipinski definition) is 1. The molecule has 3 rings (SSSR count). The summed E-state index contributed by atoms with van der Waals surface area (Å²) in [4.78, 5) is 26.7. The smallest absolute Gasteiger partial charge is 0.226 e. The fourth-order valence-electron chi connectivity index (χ4n) is 3.75. The Labute approximate surface area is 171 Å². The molecule has 0 saturated carbocycles. The van der Waals surface area contributed by atoms with Gasteiger partial charge in [0.2, 0.25) is 11.8 Å². The third-order valence-corrected chi connectivity index (χ3v) is 5.54. The lowest BCUT2D eigenvalue weighted by molar-refractivity contribution is -0.129. The second-order valence-electron chi connectivity index (χ2n) is 6.91. The predicted molar refractivity (Wildman–Crippen MR) is 114 cm³/mol. The summed E-state index contributed by atoms with van der Waals surface area (Å²) in [7, 11) is 0. The average Bonchev–Trinajstić information content (AvgIpc) is 2.68. The molecule has 2 aromatic carbocycles. The number of nitrogens with zero attached hydrogens (tertiary/aromatic N) is 1. The number of hydrogen-bond acceptors (Lipinski definition) is 2. The molecular formula is C23H25ClN2O2. The van der Waals surface area contributed by atoms with Crippen LogP contribution in [0.3, 0.4) is 0 Å². The quantitative estimate of drug-likeness (QED) is 0.738. The maximum absolute atomic E-state index is 13.0. The summed E-state index contributed by atoms with van der Waals surface area (Å²) >= 11 is 6.35. The zero-order chi connectivity index (χ0) is 20.3. The number of amides is 2. The van der Waals surface area contributed by atoms with Gasteiger partial charge in [0, 0.05) is 23.8 Å². The molecule has 1 heterocycles. The van der Waals surface area contributed by atoms with E-state index in [4.69, 9.17) is 11.6 Å². The number of fused-ring (bicyclic) bond motifs is 1. The number of anilines is 1. The first-order valence-corrected chi connectivity index (χ1v) is 10.00. The minimum absolute atomic E-state index is 0.0881. The van der Waals surface area contributed by atoms with E-state index in [1.807, 2.05) is 49.4 Å². The Morgan fingerprint density at radius 3 is 2.54 bits per heavy atom. The topological polar surface area (TPSA) is 49.4 Å². The number of carbonyl (C=O) groups is 2. The van der Waals surface area contributed by atoms with Crippen molar-refractivity contribution in [3.05, 3.63) is 69.9 Å². The van der Waals surface area contributed by atoms with Gasteiger partial charge in [-0.25, -0.2) is 0 Å². The van der Waals surface area contributed by atoms with Gasteiger partial charge < -0.3 is 10.2 Å². The Hall–Kier alpha value is -2.59. The van der Waals surface area contributed by atoms with Crippen molar-refractivity contribution < 1.29 is 9.59 Å². The van der Waals surface area contributed by atoms with Crippen LogP contribution in [0, 0.1) is 0 Å². The van der Waals surface area contributed by atoms with Crippen molar-refractivity contribution in [2.24, 2.45) is 0 Å². The summed E-state index contributed by atoms with van der Waals surface area (Å²) in [5.74, 6) is -0.220. The van der Waals surface area contributed by atoms with Crippen LogP contribution in [0.4, 0.5) is 5.69 Å². The van der Waals surface area contributed by atoms with Crippen LogP contribution in [-0.2, 0) is 22.4 Å². The zero-order valence-electron chi connectivity index (χ0n) is 16.5. The molecule has 1 aliphatic rings. The van der Waals surface area contributed by atoms with Crippen LogP contribution < -0.4 is 5.32 Å². The summed E-state index contributed by atoms with van der Waals surface area (Å²) in [6, 6.07) is 11.4. The van der Waals surface area contributed by atoms with E-state index >= 15 is 0 Å². The summed E-state index contributed by atoms with van der Waals surface area (Å²) in [6.07, 6.45) is 5.38. The van der Waals surface area contributed by atoms with Gasteiger partial charge in [0.25, 0.3) is 0 Å². The second-order valence-corrected chi connectivity index (χ2v) is 7.31. The molecule has 146 valence electrons. The van der Waals surface area contributed by atoms with E-state index in [0.717, 1.165) is 40.8 Å². The molecule has 2 amide bonds. The molecule has 0 spiro atoms. The summed E-state index contributed by atoms with van der Waals surface area (Å²) in [5, 5.41) is 3.73. The van der Waals surface area contributed by atoms with Crippen LogP contribution >= 0.6 is 11.6 Å². The van der Waals surface area contributed by atoms with Gasteiger partial charge in [-0.2, -0.15) is 0 Å². The van der Waals surface area contributed by atoms with E-state index in [9.17, 15) is 9.59 Å². The van der Waals surface area contributed by atoms with Crippen molar-refractivity contribution in [2.45, 2.75) is 46.1 Å². The van der Waals surface area contributed by atoms with E-state index in [1.165, 1.54) is 6.92 Å². The average molecular weight is 397 g/mol. The molecule has 0 aliphatic carbocycles. The fourth-order valence-corrected chi connectivity index (χ4v) is 4.04. The number of halogens is 1. The lowest BCUT2D eigenvalue weighted by atomic mass is 9.93. The van der Waals surface area contributed by atoms with Gasteiger partial charge in [-0.3, -0.25) is 9.59 Å². The van der Waals surface area contributed by atoms with E-state index < -0.39 is 0 Å². The molecule has 0 bridgehead atoms. The molecule has 1 atom stereocenters. The number of carbonyl (C=O) groups excluding carboxylic acids is 2. The number of aryl methyl sites for hydroxylation is 1. The van der Waals surface area contributed by atoms with Gasteiger partial charge in [-0.15, -0.1) is 0 Å². The highest BCUT2D eigenvalue weighted by molar-refractivity contribution is 6.32. The van der Waals surface area contributed by atoms with Crippen molar-refractivity contribution in [2.75, 3.05) is 5.32 Å². The van der Waals surface area contributed by atoms with E-state index in [-0.39, 0.29) is 24.3 Å². The fraction of sp³-hybridized carbons (Fsp3) is 0.304. The molecule has 0 saturated heterocycles. The highest BCUT2D eigenvalue weighted by atomic mass is 35.5. The molecule has 1 aliphatic heterocycles. The maximum atomic E-state index is 13.0. The Kier molecular flexibility index (Phi) is 6.20. The van der Waals surface area contributed by atoms with Gasteiger partial charge in [0.1, 0.15) is 0 Å². The molecule has 4 nitrogen and oxygen atoms in total. The zero-order valence-corrected chi connectivity index (χ0v) is 17.2. The standard InChI is InChI=1S/C23H25ClN2O2/c1-4-16-10-11-20(24)18(5-2)23(16)25-22(28)14-21-19-9-7-6-8-17(19)12-13-26(21)15(3)27/h6-13,21H,4-5,14H2,1-3H3,(H,25,28)/t21-/m0/s1. The van der Waals surface area contributed by atoms with Crippen LogP contribution in [0.5, 0.6) is 0 Å². The highest BCUT2D eigenvalue weighted by Crippen LogP contribution is 2.34.